The van der Waals surface area contributed by atoms with Gasteiger partial charge in [0.05, 0.1) is 11.7 Å². The van der Waals surface area contributed by atoms with E-state index in [1.165, 1.54) is 0 Å². The molecule has 0 bridgehead atoms. The van der Waals surface area contributed by atoms with E-state index in [9.17, 15) is 0 Å². The summed E-state index contributed by atoms with van der Waals surface area (Å²) >= 11 is 11.9. The average molecular weight is 321 g/mol. The van der Waals surface area contributed by atoms with Crippen LogP contribution in [0.3, 0.4) is 0 Å². The van der Waals surface area contributed by atoms with Crippen molar-refractivity contribution in [1.29, 1.82) is 0 Å². The molecule has 6 heteroatoms. The van der Waals surface area contributed by atoms with Gasteiger partial charge >= 0.3 is 0 Å². The summed E-state index contributed by atoms with van der Waals surface area (Å²) < 4.78 is 4.76. The molecule has 1 unspecified atom stereocenters. The highest BCUT2D eigenvalue weighted by Gasteiger charge is 2.20. The Hall–Kier alpha value is -1.59. The molecule has 0 aliphatic rings. The summed E-state index contributed by atoms with van der Waals surface area (Å²) in [6.45, 7) is 6.97. The smallest absolute Gasteiger partial charge is 0.179 e. The third-order valence-electron chi connectivity index (χ3n) is 3.82. The molecule has 2 heterocycles. The van der Waals surface area contributed by atoms with Crippen molar-refractivity contribution in [3.8, 4) is 0 Å². The van der Waals surface area contributed by atoms with Gasteiger partial charge in [0.2, 0.25) is 0 Å². The lowest BCUT2D eigenvalue weighted by molar-refractivity contribution is 0.596. The molecule has 0 aliphatic heterocycles. The third-order valence-corrected chi connectivity index (χ3v) is 4.46. The van der Waals surface area contributed by atoms with Crippen molar-refractivity contribution < 1.29 is 0 Å². The van der Waals surface area contributed by atoms with Gasteiger partial charge in [-0.2, -0.15) is 5.10 Å². The molecular weight excluding hydrogens is 304 g/mol. The number of imidazole rings is 1. The monoisotopic (exact) mass is 320 g/mol. The predicted molar refractivity (Wildman–Crippen MR) is 88.6 cm³/mol. The quantitative estimate of drug-likeness (QED) is 0.722. The van der Waals surface area contributed by atoms with Crippen LogP contribution in [0.15, 0.2) is 24.3 Å². The minimum absolute atomic E-state index is 0.0429. The number of fused-ring (bicyclic) bond motifs is 1. The Kier molecular flexibility index (Phi) is 3.63. The predicted octanol–water partition coefficient (Wildman–Crippen LogP) is 4.49. The first-order chi connectivity index (χ1) is 10.0. The molecule has 110 valence electrons. The maximum atomic E-state index is 6.34. The van der Waals surface area contributed by atoms with E-state index >= 15 is 0 Å². The molecule has 1 N–H and O–H groups in total. The first-order valence-corrected chi connectivity index (χ1v) is 7.75. The van der Waals surface area contributed by atoms with Gasteiger partial charge in [0.1, 0.15) is 5.52 Å². The van der Waals surface area contributed by atoms with Crippen LogP contribution in [0.25, 0.3) is 11.2 Å². The number of aryl methyl sites for hydroxylation is 2. The Morgan fingerprint density at radius 2 is 2.10 bits per heavy atom. The number of aromatic nitrogens is 4. The first kappa shape index (κ1) is 14.4. The molecular formula is C15H17ClN4S. The number of aromatic amines is 1. The largest absolute Gasteiger partial charge is 0.328 e. The summed E-state index contributed by atoms with van der Waals surface area (Å²) in [7, 11) is 0. The number of hydrogen-bond acceptors (Lipinski definition) is 2. The van der Waals surface area contributed by atoms with E-state index in [0.29, 0.717) is 4.77 Å². The van der Waals surface area contributed by atoms with Gasteiger partial charge in [-0.15, -0.1) is 0 Å². The van der Waals surface area contributed by atoms with Gasteiger partial charge in [-0.1, -0.05) is 29.8 Å². The Labute approximate surface area is 133 Å². The molecule has 4 nitrogen and oxygen atoms in total. The molecule has 21 heavy (non-hydrogen) atoms. The molecule has 3 aromatic rings. The van der Waals surface area contributed by atoms with E-state index in [1.54, 1.807) is 0 Å². The normalized spacial score (nSPS) is 13.0. The second-order valence-corrected chi connectivity index (χ2v) is 5.89. The zero-order chi connectivity index (χ0) is 15.1. The van der Waals surface area contributed by atoms with Gasteiger partial charge in [0.25, 0.3) is 0 Å². The highest BCUT2D eigenvalue weighted by molar-refractivity contribution is 7.71. The average Bonchev–Trinajstić information content (AvgIpc) is 2.95. The van der Waals surface area contributed by atoms with Crippen LogP contribution in [0.2, 0.25) is 5.02 Å². The van der Waals surface area contributed by atoms with Crippen LogP contribution in [-0.2, 0) is 6.54 Å². The zero-order valence-corrected chi connectivity index (χ0v) is 13.8. The number of nitrogens with one attached hydrogen (secondary N) is 1. The fraction of sp³-hybridized carbons (Fsp3) is 0.333. The van der Waals surface area contributed by atoms with Crippen LogP contribution in [-0.4, -0.2) is 19.3 Å². The van der Waals surface area contributed by atoms with Crippen LogP contribution in [0, 0.1) is 11.7 Å². The maximum Gasteiger partial charge on any atom is 0.179 e. The van der Waals surface area contributed by atoms with Crippen LogP contribution in [0.1, 0.15) is 31.1 Å². The molecule has 2 aromatic heterocycles. The summed E-state index contributed by atoms with van der Waals surface area (Å²) in [5, 5.41) is 5.30. The second kappa shape index (κ2) is 5.31. The molecule has 3 rings (SSSR count). The SMILES string of the molecule is CCn1nc(C)c2[nH]c(=S)n(C(C)c3ccccc3Cl)c21. The molecule has 0 spiro atoms. The summed E-state index contributed by atoms with van der Waals surface area (Å²) in [6.07, 6.45) is 0. The molecule has 0 aliphatic carbocycles. The van der Waals surface area contributed by atoms with Crippen LogP contribution in [0.4, 0.5) is 0 Å². The number of nitrogens with zero attached hydrogens (tertiary/aromatic N) is 3. The lowest BCUT2D eigenvalue weighted by Gasteiger charge is -2.16. The molecule has 0 saturated heterocycles. The number of benzene rings is 1. The maximum absolute atomic E-state index is 6.34. The van der Waals surface area contributed by atoms with E-state index in [-0.39, 0.29) is 6.04 Å². The first-order valence-electron chi connectivity index (χ1n) is 6.96. The molecule has 0 radical (unpaired) electrons. The van der Waals surface area contributed by atoms with E-state index in [1.807, 2.05) is 35.9 Å². The highest BCUT2D eigenvalue weighted by atomic mass is 35.5. The lowest BCUT2D eigenvalue weighted by Crippen LogP contribution is -2.11. The Balaban J connectivity index is 2.27. The van der Waals surface area contributed by atoms with E-state index in [4.69, 9.17) is 23.8 Å². The van der Waals surface area contributed by atoms with E-state index in [2.05, 4.69) is 28.5 Å². The van der Waals surface area contributed by atoms with Crippen molar-refractivity contribution in [3.05, 3.63) is 45.3 Å². The van der Waals surface area contributed by atoms with Crippen molar-refractivity contribution in [2.75, 3.05) is 0 Å². The minimum atomic E-state index is 0.0429. The van der Waals surface area contributed by atoms with Gasteiger partial charge in [-0.25, -0.2) is 4.68 Å². The topological polar surface area (TPSA) is 38.5 Å². The van der Waals surface area contributed by atoms with Crippen LogP contribution < -0.4 is 0 Å². The van der Waals surface area contributed by atoms with Crippen LogP contribution >= 0.6 is 23.8 Å². The van der Waals surface area contributed by atoms with Crippen molar-refractivity contribution in [3.63, 3.8) is 0 Å². The van der Waals surface area contributed by atoms with Crippen molar-refractivity contribution in [1.82, 2.24) is 19.3 Å². The Morgan fingerprint density at radius 3 is 2.76 bits per heavy atom. The summed E-state index contributed by atoms with van der Waals surface area (Å²) in [6, 6.07) is 7.91. The van der Waals surface area contributed by atoms with Crippen molar-refractivity contribution >= 4 is 35.0 Å². The molecule has 1 aromatic carbocycles. The fourth-order valence-corrected chi connectivity index (χ4v) is 3.40. The Bertz CT molecular complexity index is 858. The van der Waals surface area contributed by atoms with E-state index < -0.39 is 0 Å². The highest BCUT2D eigenvalue weighted by Crippen LogP contribution is 2.29. The Morgan fingerprint density at radius 1 is 1.38 bits per heavy atom. The van der Waals surface area contributed by atoms with Gasteiger partial charge in [0, 0.05) is 11.6 Å². The minimum Gasteiger partial charge on any atom is -0.328 e. The molecule has 0 fully saturated rings. The molecule has 0 saturated carbocycles. The van der Waals surface area contributed by atoms with Gasteiger partial charge in [-0.05, 0) is 44.6 Å². The van der Waals surface area contributed by atoms with Crippen molar-refractivity contribution in [2.24, 2.45) is 0 Å². The molecule has 1 atom stereocenters. The van der Waals surface area contributed by atoms with E-state index in [0.717, 1.165) is 34.0 Å². The fourth-order valence-electron chi connectivity index (χ4n) is 2.76. The molecule has 0 amide bonds. The standard InChI is InChI=1S/C15H17ClN4S/c1-4-19-14-13(9(2)18-19)17-15(21)20(14)10(3)11-7-5-6-8-12(11)16/h5-8,10H,4H2,1-3H3,(H,17,21). The summed E-state index contributed by atoms with van der Waals surface area (Å²) in [5.41, 5.74) is 4.04. The number of rotatable bonds is 3. The van der Waals surface area contributed by atoms with Crippen LogP contribution in [0.5, 0.6) is 0 Å². The zero-order valence-electron chi connectivity index (χ0n) is 12.2. The van der Waals surface area contributed by atoms with Gasteiger partial charge in [0.15, 0.2) is 10.4 Å². The lowest BCUT2D eigenvalue weighted by atomic mass is 10.1. The summed E-state index contributed by atoms with van der Waals surface area (Å²) in [4.78, 5) is 3.27. The second-order valence-electron chi connectivity index (χ2n) is 5.10. The number of H-pyrrole nitrogens is 1. The van der Waals surface area contributed by atoms with Gasteiger partial charge in [-0.3, -0.25) is 4.57 Å². The summed E-state index contributed by atoms with van der Waals surface area (Å²) in [5.74, 6) is 0. The number of halogens is 1. The third kappa shape index (κ3) is 2.21. The number of hydrogen-bond donors (Lipinski definition) is 1. The van der Waals surface area contributed by atoms with Gasteiger partial charge < -0.3 is 4.98 Å². The van der Waals surface area contributed by atoms with Crippen molar-refractivity contribution in [2.45, 2.75) is 33.4 Å².